The zero-order chi connectivity index (χ0) is 17.4. The van der Waals surface area contributed by atoms with Gasteiger partial charge >= 0.3 is 0 Å². The molecule has 132 valence electrons. The molecule has 2 amide bonds. The Morgan fingerprint density at radius 3 is 2.50 bits per heavy atom. The first-order valence-corrected chi connectivity index (χ1v) is 9.54. The minimum atomic E-state index is -0.0257. The summed E-state index contributed by atoms with van der Waals surface area (Å²) in [7, 11) is 0. The van der Waals surface area contributed by atoms with Crippen LogP contribution in [0, 0.1) is 6.92 Å². The first kappa shape index (κ1) is 18.8. The van der Waals surface area contributed by atoms with Gasteiger partial charge in [-0.2, -0.15) is 0 Å². The van der Waals surface area contributed by atoms with Gasteiger partial charge in [0.15, 0.2) is 0 Å². The Bertz CT molecular complexity index is 542. The van der Waals surface area contributed by atoms with Crippen LogP contribution < -0.4 is 5.32 Å². The number of hydrogen-bond acceptors (Lipinski definition) is 4. The van der Waals surface area contributed by atoms with Crippen molar-refractivity contribution in [2.75, 3.05) is 37.8 Å². The number of thioether (sulfide) groups is 1. The number of carbonyl (C=O) groups is 2. The summed E-state index contributed by atoms with van der Waals surface area (Å²) in [5.41, 5.74) is 2.32. The number of benzene rings is 1. The van der Waals surface area contributed by atoms with Gasteiger partial charge in [-0.1, -0.05) is 36.8 Å². The number of aryl methyl sites for hydroxylation is 1. The highest BCUT2D eigenvalue weighted by atomic mass is 32.2. The van der Waals surface area contributed by atoms with Crippen LogP contribution in [0.25, 0.3) is 0 Å². The predicted octanol–water partition coefficient (Wildman–Crippen LogP) is 2.15. The Morgan fingerprint density at radius 2 is 1.88 bits per heavy atom. The molecule has 6 heteroatoms. The van der Waals surface area contributed by atoms with E-state index in [-0.39, 0.29) is 17.9 Å². The SMILES string of the molecule is CC[C@H](NC(=O)CSCC(=O)N1CCOCC1)c1ccc(C)cc1. The molecule has 1 aliphatic rings. The van der Waals surface area contributed by atoms with Crippen molar-refractivity contribution in [2.24, 2.45) is 0 Å². The molecule has 0 radical (unpaired) electrons. The van der Waals surface area contributed by atoms with Crippen LogP contribution in [-0.4, -0.2) is 54.5 Å². The van der Waals surface area contributed by atoms with E-state index in [1.165, 1.54) is 17.3 Å². The summed E-state index contributed by atoms with van der Waals surface area (Å²) >= 11 is 1.37. The molecule has 1 aliphatic heterocycles. The van der Waals surface area contributed by atoms with E-state index in [1.54, 1.807) is 4.90 Å². The van der Waals surface area contributed by atoms with Gasteiger partial charge in [-0.05, 0) is 18.9 Å². The highest BCUT2D eigenvalue weighted by Crippen LogP contribution is 2.17. The van der Waals surface area contributed by atoms with Crippen molar-refractivity contribution in [3.63, 3.8) is 0 Å². The van der Waals surface area contributed by atoms with Crippen molar-refractivity contribution >= 4 is 23.6 Å². The molecular weight excluding hydrogens is 324 g/mol. The molecule has 1 aromatic rings. The molecule has 1 heterocycles. The fraction of sp³-hybridized carbons (Fsp3) is 0.556. The van der Waals surface area contributed by atoms with E-state index >= 15 is 0 Å². The second-order valence-electron chi connectivity index (χ2n) is 5.92. The van der Waals surface area contributed by atoms with Crippen molar-refractivity contribution in [1.82, 2.24) is 10.2 Å². The number of ether oxygens (including phenoxy) is 1. The van der Waals surface area contributed by atoms with Crippen molar-refractivity contribution in [3.05, 3.63) is 35.4 Å². The molecule has 0 unspecified atom stereocenters. The number of nitrogens with zero attached hydrogens (tertiary/aromatic N) is 1. The maximum absolute atomic E-state index is 12.1. The van der Waals surface area contributed by atoms with Crippen molar-refractivity contribution < 1.29 is 14.3 Å². The zero-order valence-corrected chi connectivity index (χ0v) is 15.2. The topological polar surface area (TPSA) is 58.6 Å². The molecule has 0 saturated carbocycles. The molecule has 0 spiro atoms. The third kappa shape index (κ3) is 5.83. The second-order valence-corrected chi connectivity index (χ2v) is 6.91. The molecule has 1 aromatic carbocycles. The van der Waals surface area contributed by atoms with Gasteiger partial charge in [0, 0.05) is 13.1 Å². The quantitative estimate of drug-likeness (QED) is 0.819. The maximum Gasteiger partial charge on any atom is 0.232 e. The first-order valence-electron chi connectivity index (χ1n) is 8.39. The van der Waals surface area contributed by atoms with Crippen LogP contribution in [0.2, 0.25) is 0 Å². The summed E-state index contributed by atoms with van der Waals surface area (Å²) in [6.07, 6.45) is 0.839. The molecule has 5 nitrogen and oxygen atoms in total. The Morgan fingerprint density at radius 1 is 1.21 bits per heavy atom. The predicted molar refractivity (Wildman–Crippen MR) is 97.1 cm³/mol. The van der Waals surface area contributed by atoms with E-state index in [0.717, 1.165) is 12.0 Å². The Balaban J connectivity index is 1.73. The maximum atomic E-state index is 12.1. The van der Waals surface area contributed by atoms with Gasteiger partial charge in [-0.3, -0.25) is 9.59 Å². The van der Waals surface area contributed by atoms with E-state index in [4.69, 9.17) is 4.74 Å². The van der Waals surface area contributed by atoms with Gasteiger partial charge < -0.3 is 15.0 Å². The fourth-order valence-electron chi connectivity index (χ4n) is 2.59. The lowest BCUT2D eigenvalue weighted by Gasteiger charge is -2.26. The Labute approximate surface area is 148 Å². The number of hydrogen-bond donors (Lipinski definition) is 1. The molecule has 1 saturated heterocycles. The molecule has 2 rings (SSSR count). The van der Waals surface area contributed by atoms with Crippen LogP contribution in [0.5, 0.6) is 0 Å². The monoisotopic (exact) mass is 350 g/mol. The summed E-state index contributed by atoms with van der Waals surface area (Å²) in [4.78, 5) is 26.0. The van der Waals surface area contributed by atoms with E-state index < -0.39 is 0 Å². The average molecular weight is 350 g/mol. The van der Waals surface area contributed by atoms with Crippen molar-refractivity contribution in [2.45, 2.75) is 26.3 Å². The zero-order valence-electron chi connectivity index (χ0n) is 14.4. The van der Waals surface area contributed by atoms with E-state index in [1.807, 2.05) is 6.92 Å². The van der Waals surface area contributed by atoms with Gasteiger partial charge in [0.1, 0.15) is 0 Å². The van der Waals surface area contributed by atoms with E-state index in [0.29, 0.717) is 37.8 Å². The van der Waals surface area contributed by atoms with Crippen molar-refractivity contribution in [3.8, 4) is 0 Å². The van der Waals surface area contributed by atoms with Crippen molar-refractivity contribution in [1.29, 1.82) is 0 Å². The van der Waals surface area contributed by atoms with Gasteiger partial charge in [-0.15, -0.1) is 11.8 Å². The Kier molecular flexibility index (Phi) is 7.59. The summed E-state index contributed by atoms with van der Waals surface area (Å²) in [6.45, 7) is 6.61. The number of rotatable bonds is 7. The van der Waals surface area contributed by atoms with Gasteiger partial charge in [0.25, 0.3) is 0 Å². The lowest BCUT2D eigenvalue weighted by Crippen LogP contribution is -2.41. The van der Waals surface area contributed by atoms with E-state index in [2.05, 4.69) is 36.5 Å². The van der Waals surface area contributed by atoms with Crippen LogP contribution in [0.4, 0.5) is 0 Å². The average Bonchev–Trinajstić information content (AvgIpc) is 2.61. The molecular formula is C18H26N2O3S. The summed E-state index contributed by atoms with van der Waals surface area (Å²) in [5.74, 6) is 0.705. The largest absolute Gasteiger partial charge is 0.378 e. The lowest BCUT2D eigenvalue weighted by atomic mass is 10.0. The Hall–Kier alpha value is -1.53. The third-order valence-corrected chi connectivity index (χ3v) is 4.96. The van der Waals surface area contributed by atoms with Gasteiger partial charge in [-0.25, -0.2) is 0 Å². The molecule has 1 fully saturated rings. The molecule has 24 heavy (non-hydrogen) atoms. The van der Waals surface area contributed by atoms with E-state index in [9.17, 15) is 9.59 Å². The van der Waals surface area contributed by atoms with Crippen LogP contribution in [0.3, 0.4) is 0 Å². The summed E-state index contributed by atoms with van der Waals surface area (Å²) in [6, 6.07) is 8.24. The summed E-state index contributed by atoms with van der Waals surface area (Å²) in [5, 5.41) is 3.05. The van der Waals surface area contributed by atoms with Crippen LogP contribution in [-0.2, 0) is 14.3 Å². The highest BCUT2D eigenvalue weighted by Gasteiger charge is 2.18. The molecule has 0 aliphatic carbocycles. The van der Waals surface area contributed by atoms with Gasteiger partial charge in [0.2, 0.25) is 11.8 Å². The van der Waals surface area contributed by atoms with Gasteiger partial charge in [0.05, 0.1) is 30.8 Å². The molecule has 0 bridgehead atoms. The van der Waals surface area contributed by atoms with Crippen LogP contribution in [0.15, 0.2) is 24.3 Å². The standard InChI is InChI=1S/C18H26N2O3S/c1-3-16(15-6-4-14(2)5-7-15)19-17(21)12-24-13-18(22)20-8-10-23-11-9-20/h4-7,16H,3,8-13H2,1-2H3,(H,19,21)/t16-/m0/s1. The second kappa shape index (κ2) is 9.69. The first-order chi connectivity index (χ1) is 11.6. The molecule has 0 aromatic heterocycles. The fourth-order valence-corrected chi connectivity index (χ4v) is 3.32. The minimum Gasteiger partial charge on any atom is -0.378 e. The minimum absolute atomic E-state index is 0.0219. The normalized spacial score (nSPS) is 15.8. The number of morpholine rings is 1. The lowest BCUT2D eigenvalue weighted by molar-refractivity contribution is -0.132. The smallest absolute Gasteiger partial charge is 0.232 e. The number of nitrogens with one attached hydrogen (secondary N) is 1. The molecule has 1 atom stereocenters. The number of amides is 2. The van der Waals surface area contributed by atoms with Crippen LogP contribution in [0.1, 0.15) is 30.5 Å². The summed E-state index contributed by atoms with van der Waals surface area (Å²) < 4.78 is 5.23. The third-order valence-electron chi connectivity index (χ3n) is 4.05. The van der Waals surface area contributed by atoms with Crippen LogP contribution >= 0.6 is 11.8 Å². The highest BCUT2D eigenvalue weighted by molar-refractivity contribution is 8.00. The molecule has 1 N–H and O–H groups in total. The number of carbonyl (C=O) groups excluding carboxylic acids is 2.